The van der Waals surface area contributed by atoms with Crippen molar-refractivity contribution in [3.63, 3.8) is 0 Å². The van der Waals surface area contributed by atoms with Gasteiger partial charge in [0.2, 0.25) is 0 Å². The Balaban J connectivity index is 2.15. The van der Waals surface area contributed by atoms with E-state index in [1.807, 2.05) is 0 Å². The number of hydrogen-bond acceptors (Lipinski definition) is 3. The Hall–Kier alpha value is -1.99. The smallest absolute Gasteiger partial charge is 0.303 e. The van der Waals surface area contributed by atoms with Gasteiger partial charge >= 0.3 is 5.97 Å². The van der Waals surface area contributed by atoms with E-state index in [-0.39, 0.29) is 42.1 Å². The second-order valence-corrected chi connectivity index (χ2v) is 10.2. The fraction of sp³-hybridized carbons (Fsp3) is 0.381. The van der Waals surface area contributed by atoms with Crippen molar-refractivity contribution in [3.8, 4) is 0 Å². The monoisotopic (exact) mass is 442 g/mol. The van der Waals surface area contributed by atoms with Gasteiger partial charge in [-0.05, 0) is 67.6 Å². The molecule has 0 radical (unpaired) electrons. The van der Waals surface area contributed by atoms with E-state index in [4.69, 9.17) is 16.7 Å². The molecule has 0 spiro atoms. The summed E-state index contributed by atoms with van der Waals surface area (Å²) < 4.78 is 54.6. The van der Waals surface area contributed by atoms with E-state index >= 15 is 0 Å². The van der Waals surface area contributed by atoms with Crippen LogP contribution in [0.5, 0.6) is 0 Å². The first-order chi connectivity index (χ1) is 13.7. The Morgan fingerprint density at radius 3 is 2.52 bits per heavy atom. The van der Waals surface area contributed by atoms with Gasteiger partial charge in [0, 0.05) is 17.0 Å². The number of halogens is 3. The molecule has 1 aliphatic carbocycles. The molecule has 1 N–H and O–H groups in total. The van der Waals surface area contributed by atoms with Gasteiger partial charge in [0.1, 0.15) is 16.4 Å². The van der Waals surface area contributed by atoms with Gasteiger partial charge in [-0.3, -0.25) is 4.79 Å². The Labute approximate surface area is 173 Å². The first kappa shape index (κ1) is 21.7. The lowest BCUT2D eigenvalue weighted by Gasteiger charge is -2.41. The van der Waals surface area contributed by atoms with E-state index in [0.717, 1.165) is 18.2 Å². The summed E-state index contributed by atoms with van der Waals surface area (Å²) in [4.78, 5) is 11.0. The zero-order valence-corrected chi connectivity index (χ0v) is 17.1. The van der Waals surface area contributed by atoms with Gasteiger partial charge in [0.25, 0.3) is 0 Å². The molecule has 0 amide bonds. The van der Waals surface area contributed by atoms with E-state index < -0.39 is 32.2 Å². The topological polar surface area (TPSA) is 71.4 Å². The van der Waals surface area contributed by atoms with E-state index in [9.17, 15) is 22.0 Å². The Morgan fingerprint density at radius 1 is 1.17 bits per heavy atom. The zero-order chi connectivity index (χ0) is 21.2. The second-order valence-electron chi connectivity index (χ2n) is 7.47. The standard InChI is InChI=1S/C21H21ClF2O4S/c22-15-4-7-17(8-5-15)29(27,28)21(18-12-16(23)6-9-19(18)24)11-1-2-14(13-21)3-10-20(25)26/h4-9,12,14H,1-3,10-11,13H2,(H,25,26)/t14-,21+/m0/s1. The number of rotatable bonds is 6. The molecule has 2 atom stereocenters. The van der Waals surface area contributed by atoms with Crippen molar-refractivity contribution in [2.24, 2.45) is 5.92 Å². The Kier molecular flexibility index (Phi) is 6.29. The third kappa shape index (κ3) is 4.31. The molecule has 0 saturated heterocycles. The van der Waals surface area contributed by atoms with Crippen molar-refractivity contribution in [3.05, 3.63) is 64.7 Å². The maximum atomic E-state index is 14.8. The van der Waals surface area contributed by atoms with Crippen LogP contribution in [0.25, 0.3) is 0 Å². The molecule has 0 heterocycles. The number of aliphatic carboxylic acids is 1. The summed E-state index contributed by atoms with van der Waals surface area (Å²) in [5, 5.41) is 9.35. The van der Waals surface area contributed by atoms with Gasteiger partial charge in [-0.2, -0.15) is 0 Å². The summed E-state index contributed by atoms with van der Waals surface area (Å²) in [6.07, 6.45) is 1.44. The molecule has 0 aliphatic heterocycles. The van der Waals surface area contributed by atoms with E-state index in [2.05, 4.69) is 0 Å². The van der Waals surface area contributed by atoms with E-state index in [1.165, 1.54) is 24.3 Å². The average molecular weight is 443 g/mol. The summed E-state index contributed by atoms with van der Waals surface area (Å²) in [6.45, 7) is 0. The molecule has 156 valence electrons. The van der Waals surface area contributed by atoms with Gasteiger partial charge in [-0.1, -0.05) is 24.4 Å². The van der Waals surface area contributed by atoms with Crippen molar-refractivity contribution in [1.82, 2.24) is 0 Å². The van der Waals surface area contributed by atoms with Gasteiger partial charge in [0.15, 0.2) is 9.84 Å². The van der Waals surface area contributed by atoms with Crippen LogP contribution in [0.15, 0.2) is 47.4 Å². The van der Waals surface area contributed by atoms with Crippen LogP contribution in [-0.4, -0.2) is 19.5 Å². The van der Waals surface area contributed by atoms with Crippen molar-refractivity contribution >= 4 is 27.4 Å². The highest BCUT2D eigenvalue weighted by Crippen LogP contribution is 2.50. The minimum Gasteiger partial charge on any atom is -0.481 e. The molecule has 8 heteroatoms. The van der Waals surface area contributed by atoms with Gasteiger partial charge in [-0.15, -0.1) is 0 Å². The highest BCUT2D eigenvalue weighted by atomic mass is 35.5. The molecule has 1 aliphatic rings. The molecule has 2 aromatic carbocycles. The lowest BCUT2D eigenvalue weighted by Crippen LogP contribution is -2.41. The summed E-state index contributed by atoms with van der Waals surface area (Å²) in [5.41, 5.74) is -0.201. The molecule has 1 fully saturated rings. The maximum absolute atomic E-state index is 14.8. The number of benzene rings is 2. The number of carbonyl (C=O) groups is 1. The molecular formula is C21H21ClF2O4S. The molecule has 2 aromatic rings. The average Bonchev–Trinajstić information content (AvgIpc) is 2.68. The molecule has 0 unspecified atom stereocenters. The summed E-state index contributed by atoms with van der Waals surface area (Å²) in [6, 6.07) is 8.43. The molecule has 3 rings (SSSR count). The van der Waals surface area contributed by atoms with Crippen molar-refractivity contribution in [2.75, 3.05) is 0 Å². The number of carboxylic acid groups (broad SMARTS) is 1. The maximum Gasteiger partial charge on any atom is 0.303 e. The van der Waals surface area contributed by atoms with E-state index in [1.54, 1.807) is 0 Å². The quantitative estimate of drug-likeness (QED) is 0.655. The summed E-state index contributed by atoms with van der Waals surface area (Å²) >= 11 is 5.88. The third-order valence-electron chi connectivity index (χ3n) is 5.64. The van der Waals surface area contributed by atoms with Crippen molar-refractivity contribution in [1.29, 1.82) is 0 Å². The first-order valence-corrected chi connectivity index (χ1v) is 11.2. The van der Waals surface area contributed by atoms with Crippen LogP contribution in [0.3, 0.4) is 0 Å². The summed E-state index contributed by atoms with van der Waals surface area (Å²) in [5.74, 6) is -2.72. The van der Waals surface area contributed by atoms with Crippen LogP contribution in [0, 0.1) is 17.6 Å². The predicted octanol–water partition coefficient (Wildman–Crippen LogP) is 5.34. The molecule has 0 bridgehead atoms. The van der Waals surface area contributed by atoms with Crippen LogP contribution in [-0.2, 0) is 19.4 Å². The van der Waals surface area contributed by atoms with Crippen molar-refractivity contribution < 1.29 is 27.1 Å². The third-order valence-corrected chi connectivity index (χ3v) is 8.40. The number of carboxylic acids is 1. The van der Waals surface area contributed by atoms with Crippen LogP contribution in [0.2, 0.25) is 5.02 Å². The SMILES string of the molecule is O=C(O)CC[C@@H]1CCC[C@@](c2cc(F)ccc2F)(S(=O)(=O)c2ccc(Cl)cc2)C1. The largest absolute Gasteiger partial charge is 0.481 e. The minimum absolute atomic E-state index is 0.0237. The van der Waals surface area contributed by atoms with Gasteiger partial charge in [0.05, 0.1) is 4.90 Å². The molecule has 4 nitrogen and oxygen atoms in total. The van der Waals surface area contributed by atoms with E-state index in [0.29, 0.717) is 17.9 Å². The summed E-state index contributed by atoms with van der Waals surface area (Å²) in [7, 11) is -4.12. The zero-order valence-electron chi connectivity index (χ0n) is 15.6. The van der Waals surface area contributed by atoms with Gasteiger partial charge in [-0.25, -0.2) is 17.2 Å². The lowest BCUT2D eigenvalue weighted by molar-refractivity contribution is -0.137. The lowest BCUT2D eigenvalue weighted by atomic mass is 9.75. The molecule has 29 heavy (non-hydrogen) atoms. The van der Waals surface area contributed by atoms with Crippen molar-refractivity contribution in [2.45, 2.75) is 48.2 Å². The molecule has 1 saturated carbocycles. The molecule has 0 aromatic heterocycles. The number of hydrogen-bond donors (Lipinski definition) is 1. The van der Waals surface area contributed by atoms with Gasteiger partial charge < -0.3 is 5.11 Å². The highest BCUT2D eigenvalue weighted by Gasteiger charge is 2.50. The normalized spacial score (nSPS) is 22.4. The Morgan fingerprint density at radius 2 is 1.86 bits per heavy atom. The minimum atomic E-state index is -4.12. The van der Waals surface area contributed by atoms with Crippen LogP contribution in [0.1, 0.15) is 44.1 Å². The van der Waals surface area contributed by atoms with Crippen LogP contribution < -0.4 is 0 Å². The van der Waals surface area contributed by atoms with Crippen LogP contribution in [0.4, 0.5) is 8.78 Å². The first-order valence-electron chi connectivity index (χ1n) is 9.33. The fourth-order valence-electron chi connectivity index (χ4n) is 4.24. The highest BCUT2D eigenvalue weighted by molar-refractivity contribution is 7.92. The predicted molar refractivity (Wildman–Crippen MR) is 106 cm³/mol. The number of sulfone groups is 1. The Bertz CT molecular complexity index is 1010. The fourth-order valence-corrected chi connectivity index (χ4v) is 6.63. The molecular weight excluding hydrogens is 422 g/mol. The second kappa shape index (κ2) is 8.40. The van der Waals surface area contributed by atoms with Crippen LogP contribution >= 0.6 is 11.6 Å².